The molecule has 0 unspecified atom stereocenters. The summed E-state index contributed by atoms with van der Waals surface area (Å²) < 4.78 is 9.92. The van der Waals surface area contributed by atoms with E-state index in [2.05, 4.69) is 4.37 Å². The minimum Gasteiger partial charge on any atom is -0.508 e. The number of aromatic nitrogens is 1. The topological polar surface area (TPSA) is 62.7 Å². The number of phenolic OH excluding ortho intramolecular Hbond substituents is 1. The van der Waals surface area contributed by atoms with Crippen LogP contribution in [0, 0.1) is 6.92 Å². The monoisotopic (exact) mass is 346 g/mol. The van der Waals surface area contributed by atoms with Crippen molar-refractivity contribution < 1.29 is 14.6 Å². The van der Waals surface area contributed by atoms with Crippen LogP contribution in [0.4, 0.5) is 4.79 Å². The van der Waals surface area contributed by atoms with Gasteiger partial charge in [0.15, 0.2) is 0 Å². The average Bonchev–Trinajstić information content (AvgIpc) is 3.23. The SMILES string of the molecule is Cc1nsc(-c2ccc(O)cc2)c1COC(=O)N(C)C1CCCC1. The van der Waals surface area contributed by atoms with Crippen LogP contribution in [0.2, 0.25) is 0 Å². The Morgan fingerprint density at radius 3 is 2.67 bits per heavy atom. The van der Waals surface area contributed by atoms with Gasteiger partial charge in [-0.2, -0.15) is 4.37 Å². The third-order valence-electron chi connectivity index (χ3n) is 4.61. The fourth-order valence-electron chi connectivity index (χ4n) is 3.07. The summed E-state index contributed by atoms with van der Waals surface area (Å²) in [5.74, 6) is 0.228. The predicted molar refractivity (Wildman–Crippen MR) is 94.2 cm³/mol. The van der Waals surface area contributed by atoms with Crippen LogP contribution < -0.4 is 0 Å². The number of amides is 1. The van der Waals surface area contributed by atoms with E-state index in [0.717, 1.165) is 34.5 Å². The van der Waals surface area contributed by atoms with Gasteiger partial charge >= 0.3 is 6.09 Å². The summed E-state index contributed by atoms with van der Waals surface area (Å²) in [5, 5.41) is 9.43. The van der Waals surface area contributed by atoms with Gasteiger partial charge in [0.05, 0.1) is 10.6 Å². The van der Waals surface area contributed by atoms with E-state index >= 15 is 0 Å². The first kappa shape index (κ1) is 16.8. The molecule has 1 aromatic carbocycles. The zero-order valence-electron chi connectivity index (χ0n) is 14.0. The van der Waals surface area contributed by atoms with Crippen LogP contribution in [-0.4, -0.2) is 33.6 Å². The summed E-state index contributed by atoms with van der Waals surface area (Å²) in [4.78, 5) is 15.0. The summed E-state index contributed by atoms with van der Waals surface area (Å²) >= 11 is 1.38. The Balaban J connectivity index is 1.70. The zero-order chi connectivity index (χ0) is 17.1. The van der Waals surface area contributed by atoms with E-state index in [9.17, 15) is 9.90 Å². The number of hydrogen-bond acceptors (Lipinski definition) is 5. The van der Waals surface area contributed by atoms with Crippen molar-refractivity contribution in [1.29, 1.82) is 0 Å². The molecule has 24 heavy (non-hydrogen) atoms. The second-order valence-electron chi connectivity index (χ2n) is 6.23. The van der Waals surface area contributed by atoms with Gasteiger partial charge in [0, 0.05) is 18.7 Å². The van der Waals surface area contributed by atoms with Crippen molar-refractivity contribution in [2.24, 2.45) is 0 Å². The molecule has 0 atom stereocenters. The molecule has 1 saturated carbocycles. The molecule has 0 spiro atoms. The molecule has 1 aliphatic rings. The number of benzene rings is 1. The summed E-state index contributed by atoms with van der Waals surface area (Å²) in [6.07, 6.45) is 4.21. The van der Waals surface area contributed by atoms with Gasteiger partial charge in [0.25, 0.3) is 0 Å². The highest BCUT2D eigenvalue weighted by Gasteiger charge is 2.25. The Kier molecular flexibility index (Phi) is 5.04. The number of nitrogens with zero attached hydrogens (tertiary/aromatic N) is 2. The smallest absolute Gasteiger partial charge is 0.410 e. The van der Waals surface area contributed by atoms with Gasteiger partial charge in [-0.25, -0.2) is 4.79 Å². The zero-order valence-corrected chi connectivity index (χ0v) is 14.8. The number of hydrogen-bond donors (Lipinski definition) is 1. The van der Waals surface area contributed by atoms with Gasteiger partial charge in [-0.05, 0) is 61.1 Å². The summed E-state index contributed by atoms with van der Waals surface area (Å²) in [7, 11) is 1.82. The van der Waals surface area contributed by atoms with E-state index in [-0.39, 0.29) is 18.4 Å². The molecular weight excluding hydrogens is 324 g/mol. The first-order valence-electron chi connectivity index (χ1n) is 8.20. The van der Waals surface area contributed by atoms with Crippen molar-refractivity contribution in [3.05, 3.63) is 35.5 Å². The van der Waals surface area contributed by atoms with Crippen molar-refractivity contribution in [2.45, 2.75) is 45.3 Å². The van der Waals surface area contributed by atoms with Crippen LogP contribution in [-0.2, 0) is 11.3 Å². The molecule has 1 amide bonds. The Labute approximate surface area is 146 Å². The lowest BCUT2D eigenvalue weighted by Gasteiger charge is -2.23. The lowest BCUT2D eigenvalue weighted by Crippen LogP contribution is -2.35. The van der Waals surface area contributed by atoms with Crippen LogP contribution in [0.3, 0.4) is 0 Å². The number of phenols is 1. The molecule has 2 aromatic rings. The standard InChI is InChI=1S/C18H22N2O3S/c1-12-16(11-23-18(22)20(2)14-5-3-4-6-14)17(24-19-12)13-7-9-15(21)10-8-13/h7-10,14,21H,3-6,11H2,1-2H3. The maximum absolute atomic E-state index is 12.3. The van der Waals surface area contributed by atoms with Crippen LogP contribution in [0.1, 0.15) is 36.9 Å². The van der Waals surface area contributed by atoms with Crippen molar-refractivity contribution >= 4 is 17.6 Å². The third kappa shape index (κ3) is 3.53. The molecule has 128 valence electrons. The second-order valence-corrected chi connectivity index (χ2v) is 7.00. The maximum Gasteiger partial charge on any atom is 0.410 e. The van der Waals surface area contributed by atoms with E-state index in [1.165, 1.54) is 24.4 Å². The number of ether oxygens (including phenoxy) is 1. The average molecular weight is 346 g/mol. The Hall–Kier alpha value is -2.08. The minimum absolute atomic E-state index is 0.217. The predicted octanol–water partition coefficient (Wildman–Crippen LogP) is 4.34. The molecular formula is C18H22N2O3S. The lowest BCUT2D eigenvalue weighted by molar-refractivity contribution is 0.0918. The van der Waals surface area contributed by atoms with Crippen LogP contribution in [0.15, 0.2) is 24.3 Å². The second kappa shape index (κ2) is 7.21. The summed E-state index contributed by atoms with van der Waals surface area (Å²) in [6.45, 7) is 2.14. The third-order valence-corrected chi connectivity index (χ3v) is 5.64. The molecule has 1 heterocycles. The number of aromatic hydroxyl groups is 1. The van der Waals surface area contributed by atoms with E-state index in [0.29, 0.717) is 6.04 Å². The molecule has 0 aliphatic heterocycles. The highest BCUT2D eigenvalue weighted by atomic mass is 32.1. The van der Waals surface area contributed by atoms with Gasteiger partial charge in [-0.15, -0.1) is 0 Å². The first-order chi connectivity index (χ1) is 11.6. The Morgan fingerprint density at radius 2 is 2.00 bits per heavy atom. The van der Waals surface area contributed by atoms with E-state index in [4.69, 9.17) is 4.74 Å². The first-order valence-corrected chi connectivity index (χ1v) is 8.97. The molecule has 0 saturated heterocycles. The molecule has 1 aliphatic carbocycles. The van der Waals surface area contributed by atoms with E-state index < -0.39 is 0 Å². The quantitative estimate of drug-likeness (QED) is 0.895. The van der Waals surface area contributed by atoms with Crippen molar-refractivity contribution in [3.8, 4) is 16.2 Å². The van der Waals surface area contributed by atoms with E-state index in [1.54, 1.807) is 17.0 Å². The number of rotatable bonds is 4. The van der Waals surface area contributed by atoms with Crippen molar-refractivity contribution in [3.63, 3.8) is 0 Å². The van der Waals surface area contributed by atoms with Gasteiger partial charge in [-0.3, -0.25) is 0 Å². The highest BCUT2D eigenvalue weighted by Crippen LogP contribution is 2.32. The Bertz CT molecular complexity index is 706. The molecule has 6 heteroatoms. The Morgan fingerprint density at radius 1 is 1.33 bits per heavy atom. The largest absolute Gasteiger partial charge is 0.508 e. The fraction of sp³-hybridized carbons (Fsp3) is 0.444. The van der Waals surface area contributed by atoms with Crippen molar-refractivity contribution in [2.75, 3.05) is 7.05 Å². The molecule has 1 fully saturated rings. The van der Waals surface area contributed by atoms with Crippen LogP contribution in [0.5, 0.6) is 5.75 Å². The van der Waals surface area contributed by atoms with Crippen LogP contribution >= 0.6 is 11.5 Å². The fourth-order valence-corrected chi connectivity index (χ4v) is 3.97. The van der Waals surface area contributed by atoms with Gasteiger partial charge < -0.3 is 14.7 Å². The van der Waals surface area contributed by atoms with Gasteiger partial charge in [0.2, 0.25) is 0 Å². The summed E-state index contributed by atoms with van der Waals surface area (Å²) in [6, 6.07) is 7.29. The minimum atomic E-state index is -0.274. The molecule has 1 aromatic heterocycles. The van der Waals surface area contributed by atoms with Gasteiger partial charge in [0.1, 0.15) is 12.4 Å². The number of aryl methyl sites for hydroxylation is 1. The molecule has 0 radical (unpaired) electrons. The number of carbonyl (C=O) groups excluding carboxylic acids is 1. The lowest BCUT2D eigenvalue weighted by atomic mass is 10.1. The molecule has 3 rings (SSSR count). The molecule has 0 bridgehead atoms. The molecule has 1 N–H and O–H groups in total. The maximum atomic E-state index is 12.3. The molecule has 5 nitrogen and oxygen atoms in total. The summed E-state index contributed by atoms with van der Waals surface area (Å²) in [5.41, 5.74) is 2.77. The van der Waals surface area contributed by atoms with E-state index in [1.807, 2.05) is 26.1 Å². The normalized spacial score (nSPS) is 14.8. The van der Waals surface area contributed by atoms with Crippen LogP contribution in [0.25, 0.3) is 10.4 Å². The highest BCUT2D eigenvalue weighted by molar-refractivity contribution is 7.09. The number of carbonyl (C=O) groups is 1. The van der Waals surface area contributed by atoms with Gasteiger partial charge in [-0.1, -0.05) is 12.8 Å². The van der Waals surface area contributed by atoms with Crippen molar-refractivity contribution in [1.82, 2.24) is 9.27 Å².